The average Bonchev–Trinajstić information content (AvgIpc) is 3.07. The number of aliphatic imine (C=N–C) groups is 1. The van der Waals surface area contributed by atoms with Crippen molar-refractivity contribution < 1.29 is 4.74 Å². The predicted molar refractivity (Wildman–Crippen MR) is 107 cm³/mol. The molecule has 2 fully saturated rings. The van der Waals surface area contributed by atoms with Gasteiger partial charge in [0, 0.05) is 39.8 Å². The minimum atomic E-state index is 0.279. The van der Waals surface area contributed by atoms with Crippen LogP contribution in [0.4, 0.5) is 0 Å². The molecule has 26 heavy (non-hydrogen) atoms. The molecule has 1 aromatic rings. The van der Waals surface area contributed by atoms with Crippen molar-refractivity contribution in [2.24, 2.45) is 10.9 Å². The standard InChI is InChI=1S/C21H34N4O/c1-17(2)8-7-11-23-21(22-3)25-15-19-20(16-25)26-13-12-24(19)14-18-9-5-4-6-10-18/h4-6,9-10,17,19-20H,7-8,11-16H2,1-3H3,(H,22,23). The van der Waals surface area contributed by atoms with Gasteiger partial charge in [-0.3, -0.25) is 9.89 Å². The van der Waals surface area contributed by atoms with Crippen LogP contribution >= 0.6 is 0 Å². The molecule has 2 aliphatic rings. The second-order valence-corrected chi connectivity index (χ2v) is 7.85. The maximum atomic E-state index is 6.09. The zero-order valence-electron chi connectivity index (χ0n) is 16.5. The topological polar surface area (TPSA) is 40.1 Å². The van der Waals surface area contributed by atoms with Gasteiger partial charge in [0.05, 0.1) is 18.8 Å². The lowest BCUT2D eigenvalue weighted by Crippen LogP contribution is -2.50. The summed E-state index contributed by atoms with van der Waals surface area (Å²) in [6, 6.07) is 11.2. The number of likely N-dealkylation sites (tertiary alicyclic amines) is 1. The highest BCUT2D eigenvalue weighted by molar-refractivity contribution is 5.80. The molecule has 0 spiro atoms. The molecule has 0 bridgehead atoms. The van der Waals surface area contributed by atoms with Crippen molar-refractivity contribution in [3.63, 3.8) is 0 Å². The molecule has 2 heterocycles. The lowest BCUT2D eigenvalue weighted by molar-refractivity contribution is -0.0502. The van der Waals surface area contributed by atoms with Gasteiger partial charge in [0.2, 0.25) is 0 Å². The molecule has 0 aromatic heterocycles. The van der Waals surface area contributed by atoms with E-state index >= 15 is 0 Å². The summed E-state index contributed by atoms with van der Waals surface area (Å²) < 4.78 is 6.09. The van der Waals surface area contributed by atoms with Gasteiger partial charge in [-0.15, -0.1) is 0 Å². The Hall–Kier alpha value is -1.59. The fourth-order valence-corrected chi connectivity index (χ4v) is 3.99. The SMILES string of the molecule is CN=C(NCCCC(C)C)N1CC2OCCN(Cc3ccccc3)C2C1. The second kappa shape index (κ2) is 9.38. The number of guanidine groups is 1. The fraction of sp³-hybridized carbons (Fsp3) is 0.667. The van der Waals surface area contributed by atoms with Crippen molar-refractivity contribution in [3.8, 4) is 0 Å². The monoisotopic (exact) mass is 358 g/mol. The van der Waals surface area contributed by atoms with E-state index in [1.807, 2.05) is 7.05 Å². The smallest absolute Gasteiger partial charge is 0.193 e. The Kier molecular flexibility index (Phi) is 6.92. The maximum Gasteiger partial charge on any atom is 0.193 e. The minimum Gasteiger partial charge on any atom is -0.373 e. The predicted octanol–water partition coefficient (Wildman–Crippen LogP) is 2.58. The van der Waals surface area contributed by atoms with E-state index in [1.54, 1.807) is 0 Å². The summed E-state index contributed by atoms with van der Waals surface area (Å²) in [7, 11) is 1.88. The molecule has 144 valence electrons. The summed E-state index contributed by atoms with van der Waals surface area (Å²) >= 11 is 0. The highest BCUT2D eigenvalue weighted by atomic mass is 16.5. The number of hydrogen-bond donors (Lipinski definition) is 1. The summed E-state index contributed by atoms with van der Waals surface area (Å²) in [5, 5.41) is 3.54. The summed E-state index contributed by atoms with van der Waals surface area (Å²) in [5.41, 5.74) is 1.38. The zero-order chi connectivity index (χ0) is 18.4. The van der Waals surface area contributed by atoms with E-state index in [0.717, 1.165) is 51.2 Å². The Morgan fingerprint density at radius 3 is 2.81 bits per heavy atom. The van der Waals surface area contributed by atoms with Crippen molar-refractivity contribution >= 4 is 5.96 Å². The molecule has 0 radical (unpaired) electrons. The van der Waals surface area contributed by atoms with Crippen LogP contribution < -0.4 is 5.32 Å². The van der Waals surface area contributed by atoms with Crippen LogP contribution in [0.15, 0.2) is 35.3 Å². The molecule has 2 aliphatic heterocycles. The summed E-state index contributed by atoms with van der Waals surface area (Å²) in [6.45, 7) is 10.3. The first-order chi connectivity index (χ1) is 12.7. The van der Waals surface area contributed by atoms with Crippen LogP contribution in [-0.4, -0.2) is 67.7 Å². The van der Waals surface area contributed by atoms with Gasteiger partial charge < -0.3 is 15.0 Å². The molecule has 5 nitrogen and oxygen atoms in total. The lowest BCUT2D eigenvalue weighted by Gasteiger charge is -2.36. The fourth-order valence-electron chi connectivity index (χ4n) is 3.99. The van der Waals surface area contributed by atoms with E-state index in [9.17, 15) is 0 Å². The Bertz CT molecular complexity index is 575. The molecular formula is C21H34N4O. The van der Waals surface area contributed by atoms with E-state index in [1.165, 1.54) is 18.4 Å². The third-order valence-corrected chi connectivity index (χ3v) is 5.40. The number of benzene rings is 1. The molecule has 0 saturated carbocycles. The number of ether oxygens (including phenoxy) is 1. The molecule has 2 atom stereocenters. The molecule has 2 saturated heterocycles. The molecular weight excluding hydrogens is 324 g/mol. The third-order valence-electron chi connectivity index (χ3n) is 5.40. The highest BCUT2D eigenvalue weighted by Gasteiger charge is 2.41. The van der Waals surface area contributed by atoms with E-state index in [-0.39, 0.29) is 6.10 Å². The Morgan fingerprint density at radius 2 is 2.08 bits per heavy atom. The Balaban J connectivity index is 1.55. The van der Waals surface area contributed by atoms with E-state index in [0.29, 0.717) is 6.04 Å². The number of nitrogens with zero attached hydrogens (tertiary/aromatic N) is 3. The van der Waals surface area contributed by atoms with Gasteiger partial charge in [0.25, 0.3) is 0 Å². The van der Waals surface area contributed by atoms with Crippen molar-refractivity contribution in [1.29, 1.82) is 0 Å². The molecule has 5 heteroatoms. The van der Waals surface area contributed by atoms with E-state index in [4.69, 9.17) is 4.74 Å². The molecule has 1 N–H and O–H groups in total. The first-order valence-electron chi connectivity index (χ1n) is 10.0. The third kappa shape index (κ3) is 4.98. The molecule has 2 unspecified atom stereocenters. The number of hydrogen-bond acceptors (Lipinski definition) is 3. The summed E-state index contributed by atoms with van der Waals surface area (Å²) in [5.74, 6) is 1.78. The Morgan fingerprint density at radius 1 is 1.27 bits per heavy atom. The molecule has 3 rings (SSSR count). The van der Waals surface area contributed by atoms with E-state index in [2.05, 4.69) is 64.3 Å². The van der Waals surface area contributed by atoms with Gasteiger partial charge in [-0.2, -0.15) is 0 Å². The number of morpholine rings is 1. The second-order valence-electron chi connectivity index (χ2n) is 7.85. The van der Waals surface area contributed by atoms with Crippen molar-refractivity contribution in [1.82, 2.24) is 15.1 Å². The number of rotatable bonds is 6. The van der Waals surface area contributed by atoms with Crippen LogP contribution in [0.25, 0.3) is 0 Å². The largest absolute Gasteiger partial charge is 0.373 e. The van der Waals surface area contributed by atoms with Gasteiger partial charge in [-0.25, -0.2) is 0 Å². The quantitative estimate of drug-likeness (QED) is 0.482. The van der Waals surface area contributed by atoms with Crippen molar-refractivity contribution in [2.75, 3.05) is 39.8 Å². The molecule has 0 amide bonds. The van der Waals surface area contributed by atoms with Gasteiger partial charge >= 0.3 is 0 Å². The van der Waals surface area contributed by atoms with Gasteiger partial charge in [-0.05, 0) is 24.3 Å². The normalized spacial score (nSPS) is 24.2. The van der Waals surface area contributed by atoms with Crippen molar-refractivity contribution in [2.45, 2.75) is 45.4 Å². The first-order valence-corrected chi connectivity index (χ1v) is 10.0. The minimum absolute atomic E-state index is 0.279. The first kappa shape index (κ1) is 19.2. The van der Waals surface area contributed by atoms with Crippen LogP contribution in [0.3, 0.4) is 0 Å². The zero-order valence-corrected chi connectivity index (χ0v) is 16.5. The van der Waals surface area contributed by atoms with Crippen LogP contribution in [0.5, 0.6) is 0 Å². The Labute approximate surface area is 158 Å². The summed E-state index contributed by atoms with van der Waals surface area (Å²) in [6.07, 6.45) is 2.72. The van der Waals surface area contributed by atoms with E-state index < -0.39 is 0 Å². The maximum absolute atomic E-state index is 6.09. The van der Waals surface area contributed by atoms with Crippen LogP contribution in [0.1, 0.15) is 32.3 Å². The van der Waals surface area contributed by atoms with Crippen molar-refractivity contribution in [3.05, 3.63) is 35.9 Å². The highest BCUT2D eigenvalue weighted by Crippen LogP contribution is 2.24. The molecule has 1 aromatic carbocycles. The summed E-state index contributed by atoms with van der Waals surface area (Å²) in [4.78, 5) is 9.46. The van der Waals surface area contributed by atoms with Gasteiger partial charge in [-0.1, -0.05) is 44.2 Å². The average molecular weight is 359 g/mol. The number of nitrogens with one attached hydrogen (secondary N) is 1. The van der Waals surface area contributed by atoms with Gasteiger partial charge in [0.1, 0.15) is 0 Å². The van der Waals surface area contributed by atoms with Crippen LogP contribution in [0, 0.1) is 5.92 Å². The number of fused-ring (bicyclic) bond motifs is 1. The van der Waals surface area contributed by atoms with Gasteiger partial charge in [0.15, 0.2) is 5.96 Å². The molecule has 0 aliphatic carbocycles. The van der Waals surface area contributed by atoms with Crippen LogP contribution in [0.2, 0.25) is 0 Å². The lowest BCUT2D eigenvalue weighted by atomic mass is 10.1. The van der Waals surface area contributed by atoms with Crippen LogP contribution in [-0.2, 0) is 11.3 Å².